The maximum absolute atomic E-state index is 5.86. The molecular formula is C14H17N3O. The standard InChI is InChI=1S/C14H17N3O/c1-17-7-6-12(16-17)9-15-10-13-8-11-4-2-3-5-14(11)18-13/h2-7,13,15H,8-10H2,1H3. The smallest absolute Gasteiger partial charge is 0.123 e. The van der Waals surface area contributed by atoms with Crippen molar-refractivity contribution in [3.05, 3.63) is 47.8 Å². The minimum Gasteiger partial charge on any atom is -0.488 e. The Morgan fingerprint density at radius 1 is 1.39 bits per heavy atom. The van der Waals surface area contributed by atoms with Gasteiger partial charge in [-0.1, -0.05) is 18.2 Å². The molecule has 0 saturated carbocycles. The summed E-state index contributed by atoms with van der Waals surface area (Å²) in [6.45, 7) is 1.64. The van der Waals surface area contributed by atoms with Gasteiger partial charge in [0.15, 0.2) is 0 Å². The quantitative estimate of drug-likeness (QED) is 0.884. The number of nitrogens with one attached hydrogen (secondary N) is 1. The summed E-state index contributed by atoms with van der Waals surface area (Å²) < 4.78 is 7.68. The van der Waals surface area contributed by atoms with Crippen molar-refractivity contribution in [2.45, 2.75) is 19.1 Å². The molecule has 1 atom stereocenters. The number of rotatable bonds is 4. The number of ether oxygens (including phenoxy) is 1. The van der Waals surface area contributed by atoms with Gasteiger partial charge in [0.2, 0.25) is 0 Å². The maximum atomic E-state index is 5.86. The van der Waals surface area contributed by atoms with Gasteiger partial charge in [-0.2, -0.15) is 5.10 Å². The third-order valence-corrected chi connectivity index (χ3v) is 3.16. The molecule has 0 amide bonds. The van der Waals surface area contributed by atoms with Gasteiger partial charge in [-0.05, 0) is 17.7 Å². The summed E-state index contributed by atoms with van der Waals surface area (Å²) in [6.07, 6.45) is 3.19. The summed E-state index contributed by atoms with van der Waals surface area (Å²) in [7, 11) is 1.93. The number of benzene rings is 1. The third-order valence-electron chi connectivity index (χ3n) is 3.16. The van der Waals surface area contributed by atoms with Gasteiger partial charge >= 0.3 is 0 Å². The van der Waals surface area contributed by atoms with Crippen molar-refractivity contribution in [2.24, 2.45) is 7.05 Å². The monoisotopic (exact) mass is 243 g/mol. The van der Waals surface area contributed by atoms with Crippen molar-refractivity contribution in [2.75, 3.05) is 6.54 Å². The summed E-state index contributed by atoms with van der Waals surface area (Å²) >= 11 is 0. The molecule has 4 nitrogen and oxygen atoms in total. The third kappa shape index (κ3) is 2.38. The van der Waals surface area contributed by atoms with Crippen LogP contribution in [0.2, 0.25) is 0 Å². The fraction of sp³-hybridized carbons (Fsp3) is 0.357. The lowest BCUT2D eigenvalue weighted by molar-refractivity contribution is 0.227. The van der Waals surface area contributed by atoms with Crippen LogP contribution in [0.25, 0.3) is 0 Å². The van der Waals surface area contributed by atoms with Crippen LogP contribution in [-0.2, 0) is 20.0 Å². The van der Waals surface area contributed by atoms with Gasteiger partial charge in [0, 0.05) is 32.8 Å². The molecule has 1 N–H and O–H groups in total. The first-order valence-electron chi connectivity index (χ1n) is 6.25. The second kappa shape index (κ2) is 4.82. The fourth-order valence-corrected chi connectivity index (χ4v) is 2.29. The number of aryl methyl sites for hydroxylation is 1. The van der Waals surface area contributed by atoms with Crippen LogP contribution in [0.1, 0.15) is 11.3 Å². The van der Waals surface area contributed by atoms with E-state index in [0.717, 1.165) is 31.0 Å². The average Bonchev–Trinajstić information content (AvgIpc) is 2.95. The lowest BCUT2D eigenvalue weighted by Crippen LogP contribution is -2.29. The van der Waals surface area contributed by atoms with Crippen LogP contribution < -0.4 is 10.1 Å². The van der Waals surface area contributed by atoms with Crippen molar-refractivity contribution in [1.29, 1.82) is 0 Å². The zero-order chi connectivity index (χ0) is 12.4. The second-order valence-electron chi connectivity index (χ2n) is 4.66. The van der Waals surface area contributed by atoms with Gasteiger partial charge < -0.3 is 10.1 Å². The van der Waals surface area contributed by atoms with Gasteiger partial charge in [-0.25, -0.2) is 0 Å². The normalized spacial score (nSPS) is 17.5. The highest BCUT2D eigenvalue weighted by atomic mass is 16.5. The predicted octanol–water partition coefficient (Wildman–Crippen LogP) is 1.51. The zero-order valence-electron chi connectivity index (χ0n) is 10.5. The molecule has 1 aliphatic heterocycles. The molecule has 0 saturated heterocycles. The van der Waals surface area contributed by atoms with Gasteiger partial charge in [0.1, 0.15) is 11.9 Å². The van der Waals surface area contributed by atoms with Crippen molar-refractivity contribution < 1.29 is 4.74 Å². The van der Waals surface area contributed by atoms with Crippen LogP contribution >= 0.6 is 0 Å². The summed E-state index contributed by atoms with van der Waals surface area (Å²) in [5, 5.41) is 7.72. The fourth-order valence-electron chi connectivity index (χ4n) is 2.29. The van der Waals surface area contributed by atoms with E-state index in [0.29, 0.717) is 0 Å². The largest absolute Gasteiger partial charge is 0.488 e. The van der Waals surface area contributed by atoms with Crippen LogP contribution in [0.3, 0.4) is 0 Å². The van der Waals surface area contributed by atoms with E-state index < -0.39 is 0 Å². The Kier molecular flexibility index (Phi) is 3.02. The molecule has 3 rings (SSSR count). The molecule has 4 heteroatoms. The molecule has 0 radical (unpaired) electrons. The molecular weight excluding hydrogens is 226 g/mol. The van der Waals surface area contributed by atoms with E-state index in [-0.39, 0.29) is 6.10 Å². The number of hydrogen-bond acceptors (Lipinski definition) is 3. The zero-order valence-corrected chi connectivity index (χ0v) is 10.5. The van der Waals surface area contributed by atoms with Crippen molar-refractivity contribution >= 4 is 0 Å². The van der Waals surface area contributed by atoms with E-state index in [4.69, 9.17) is 4.74 Å². The Morgan fingerprint density at radius 3 is 3.06 bits per heavy atom. The first kappa shape index (κ1) is 11.3. The number of hydrogen-bond donors (Lipinski definition) is 1. The van der Waals surface area contributed by atoms with Crippen LogP contribution in [0.4, 0.5) is 0 Å². The molecule has 1 aromatic heterocycles. The Bertz CT molecular complexity index is 510. The number of aromatic nitrogens is 2. The average molecular weight is 243 g/mol. The molecule has 1 aromatic carbocycles. The summed E-state index contributed by atoms with van der Waals surface area (Å²) in [5.41, 5.74) is 2.37. The molecule has 18 heavy (non-hydrogen) atoms. The van der Waals surface area contributed by atoms with Gasteiger partial charge in [0.25, 0.3) is 0 Å². The van der Waals surface area contributed by atoms with Crippen molar-refractivity contribution in [1.82, 2.24) is 15.1 Å². The number of para-hydroxylation sites is 1. The molecule has 2 aromatic rings. The van der Waals surface area contributed by atoms with E-state index in [1.54, 1.807) is 0 Å². The predicted molar refractivity (Wildman–Crippen MR) is 69.5 cm³/mol. The Balaban J connectivity index is 1.48. The van der Waals surface area contributed by atoms with Gasteiger partial charge in [0.05, 0.1) is 5.69 Å². The molecule has 1 unspecified atom stereocenters. The minimum atomic E-state index is 0.242. The molecule has 0 fully saturated rings. The van der Waals surface area contributed by atoms with E-state index in [2.05, 4.69) is 22.5 Å². The van der Waals surface area contributed by atoms with Crippen LogP contribution in [0.5, 0.6) is 5.75 Å². The lowest BCUT2D eigenvalue weighted by Gasteiger charge is -2.10. The highest BCUT2D eigenvalue weighted by Gasteiger charge is 2.21. The Labute approximate surface area is 107 Å². The van der Waals surface area contributed by atoms with E-state index >= 15 is 0 Å². The minimum absolute atomic E-state index is 0.242. The summed E-state index contributed by atoms with van der Waals surface area (Å²) in [6, 6.07) is 10.3. The first-order chi connectivity index (χ1) is 8.81. The van der Waals surface area contributed by atoms with Crippen LogP contribution in [-0.4, -0.2) is 22.4 Å². The number of nitrogens with zero attached hydrogens (tertiary/aromatic N) is 2. The highest BCUT2D eigenvalue weighted by Crippen LogP contribution is 2.27. The van der Waals surface area contributed by atoms with Crippen LogP contribution in [0, 0.1) is 0 Å². The number of fused-ring (bicyclic) bond motifs is 1. The summed E-state index contributed by atoms with van der Waals surface area (Å²) in [5.74, 6) is 1.03. The van der Waals surface area contributed by atoms with Gasteiger partial charge in [-0.3, -0.25) is 4.68 Å². The SMILES string of the molecule is Cn1ccc(CNCC2Cc3ccccc3O2)n1. The van der Waals surface area contributed by atoms with E-state index in [1.165, 1.54) is 5.56 Å². The van der Waals surface area contributed by atoms with Gasteiger partial charge in [-0.15, -0.1) is 0 Å². The lowest BCUT2D eigenvalue weighted by atomic mass is 10.1. The maximum Gasteiger partial charge on any atom is 0.123 e. The molecule has 0 spiro atoms. The first-order valence-corrected chi connectivity index (χ1v) is 6.25. The molecule has 0 bridgehead atoms. The summed E-state index contributed by atoms with van der Waals surface area (Å²) in [4.78, 5) is 0. The van der Waals surface area contributed by atoms with Crippen LogP contribution in [0.15, 0.2) is 36.5 Å². The van der Waals surface area contributed by atoms with E-state index in [9.17, 15) is 0 Å². The molecule has 0 aliphatic carbocycles. The molecule has 1 aliphatic rings. The van der Waals surface area contributed by atoms with Crippen molar-refractivity contribution in [3.8, 4) is 5.75 Å². The molecule has 94 valence electrons. The topological polar surface area (TPSA) is 39.1 Å². The Hall–Kier alpha value is -1.81. The molecule has 2 heterocycles. The Morgan fingerprint density at radius 2 is 2.28 bits per heavy atom. The van der Waals surface area contributed by atoms with Crippen molar-refractivity contribution in [3.63, 3.8) is 0 Å². The highest BCUT2D eigenvalue weighted by molar-refractivity contribution is 5.37. The van der Waals surface area contributed by atoms with E-state index in [1.807, 2.05) is 36.1 Å². The second-order valence-corrected chi connectivity index (χ2v) is 4.66.